The number of esters is 1. The van der Waals surface area contributed by atoms with E-state index >= 15 is 0 Å². The van der Waals surface area contributed by atoms with Crippen molar-refractivity contribution in [3.63, 3.8) is 0 Å². The minimum atomic E-state index is -7.80. The van der Waals surface area contributed by atoms with Gasteiger partial charge in [-0.05, 0) is 0 Å². The standard InChI is InChI=1S/C11H8F12O2/c1-3-5(24)25-6(12,4-2)7(13,14)8(15,16)9(17,18)10(19,20)11(21,22)23/h3H,1,4H2,2H3. The van der Waals surface area contributed by atoms with Crippen LogP contribution in [-0.4, -0.2) is 41.7 Å². The van der Waals surface area contributed by atoms with Crippen molar-refractivity contribution >= 4 is 5.97 Å². The zero-order valence-electron chi connectivity index (χ0n) is 11.8. The lowest BCUT2D eigenvalue weighted by Crippen LogP contribution is -2.71. The van der Waals surface area contributed by atoms with Crippen molar-refractivity contribution in [1.29, 1.82) is 0 Å². The van der Waals surface area contributed by atoms with Gasteiger partial charge < -0.3 is 4.74 Å². The van der Waals surface area contributed by atoms with Crippen LogP contribution in [0, 0.1) is 0 Å². The van der Waals surface area contributed by atoms with Crippen molar-refractivity contribution in [1.82, 2.24) is 0 Å². The van der Waals surface area contributed by atoms with Crippen LogP contribution in [0.2, 0.25) is 0 Å². The van der Waals surface area contributed by atoms with E-state index in [9.17, 15) is 57.5 Å². The molecule has 0 heterocycles. The van der Waals surface area contributed by atoms with Crippen LogP contribution in [0.3, 0.4) is 0 Å². The Bertz CT molecular complexity index is 524. The molecule has 0 aromatic heterocycles. The maximum atomic E-state index is 13.9. The Hall–Kier alpha value is -1.63. The highest BCUT2D eigenvalue weighted by Crippen LogP contribution is 2.60. The van der Waals surface area contributed by atoms with Gasteiger partial charge in [0, 0.05) is 12.5 Å². The topological polar surface area (TPSA) is 26.3 Å². The van der Waals surface area contributed by atoms with Crippen molar-refractivity contribution in [2.75, 3.05) is 0 Å². The van der Waals surface area contributed by atoms with Crippen LogP contribution in [0.15, 0.2) is 12.7 Å². The molecular formula is C11H8F12O2. The zero-order chi connectivity index (χ0) is 20.7. The van der Waals surface area contributed by atoms with Crippen LogP contribution in [0.4, 0.5) is 52.7 Å². The quantitative estimate of drug-likeness (QED) is 0.346. The molecule has 0 rings (SSSR count). The van der Waals surface area contributed by atoms with E-state index in [1.807, 2.05) is 0 Å². The molecular weight excluding hydrogens is 392 g/mol. The molecule has 0 spiro atoms. The molecule has 0 aliphatic rings. The molecule has 14 heteroatoms. The lowest BCUT2D eigenvalue weighted by Gasteiger charge is -2.41. The van der Waals surface area contributed by atoms with Crippen molar-refractivity contribution < 1.29 is 62.2 Å². The van der Waals surface area contributed by atoms with Gasteiger partial charge in [0.1, 0.15) is 0 Å². The van der Waals surface area contributed by atoms with E-state index in [1.165, 1.54) is 0 Å². The summed E-state index contributed by atoms with van der Waals surface area (Å²) >= 11 is 0. The number of alkyl halides is 12. The molecule has 0 amide bonds. The van der Waals surface area contributed by atoms with Gasteiger partial charge >= 0.3 is 41.7 Å². The van der Waals surface area contributed by atoms with Crippen molar-refractivity contribution in [2.45, 2.75) is 49.1 Å². The second kappa shape index (κ2) is 6.27. The molecule has 0 aromatic rings. The predicted octanol–water partition coefficient (Wildman–Crippen LogP) is 4.89. The Morgan fingerprint density at radius 1 is 0.800 bits per heavy atom. The number of halogens is 12. The van der Waals surface area contributed by atoms with Crippen LogP contribution in [0.1, 0.15) is 13.3 Å². The van der Waals surface area contributed by atoms with Crippen LogP contribution < -0.4 is 0 Å². The minimum Gasteiger partial charge on any atom is -0.418 e. The summed E-state index contributed by atoms with van der Waals surface area (Å²) in [5.41, 5.74) is 0. The van der Waals surface area contributed by atoms with E-state index < -0.39 is 48.1 Å². The Kier molecular flexibility index (Phi) is 5.86. The fraction of sp³-hybridized carbons (Fsp3) is 0.727. The third kappa shape index (κ3) is 3.26. The van der Waals surface area contributed by atoms with Gasteiger partial charge in [0.15, 0.2) is 0 Å². The number of carbonyl (C=O) groups is 1. The SMILES string of the molecule is C=CC(=O)OC(F)(CC)C(F)(F)C(F)(F)C(F)(F)C(F)(F)C(F)(F)F. The first kappa shape index (κ1) is 23.4. The van der Waals surface area contributed by atoms with Crippen LogP contribution >= 0.6 is 0 Å². The highest BCUT2D eigenvalue weighted by molar-refractivity contribution is 5.81. The molecule has 0 saturated carbocycles. The number of ether oxygens (including phenoxy) is 1. The van der Waals surface area contributed by atoms with Gasteiger partial charge in [-0.2, -0.15) is 52.7 Å². The Morgan fingerprint density at radius 3 is 1.44 bits per heavy atom. The van der Waals surface area contributed by atoms with Gasteiger partial charge in [0.05, 0.1) is 0 Å². The van der Waals surface area contributed by atoms with Gasteiger partial charge in [-0.25, -0.2) is 4.79 Å². The average Bonchev–Trinajstić information content (AvgIpc) is 2.44. The molecule has 25 heavy (non-hydrogen) atoms. The maximum absolute atomic E-state index is 13.9. The van der Waals surface area contributed by atoms with E-state index in [4.69, 9.17) is 0 Å². The molecule has 148 valence electrons. The van der Waals surface area contributed by atoms with Crippen molar-refractivity contribution in [3.8, 4) is 0 Å². The van der Waals surface area contributed by atoms with Gasteiger partial charge in [-0.3, -0.25) is 0 Å². The van der Waals surface area contributed by atoms with Gasteiger partial charge in [0.25, 0.3) is 0 Å². The molecule has 0 radical (unpaired) electrons. The summed E-state index contributed by atoms with van der Waals surface area (Å²) < 4.78 is 158. The average molecular weight is 400 g/mol. The van der Waals surface area contributed by atoms with Crippen molar-refractivity contribution in [3.05, 3.63) is 12.7 Å². The largest absolute Gasteiger partial charge is 0.460 e. The Labute approximate surface area is 131 Å². The first-order valence-corrected chi connectivity index (χ1v) is 5.89. The minimum absolute atomic E-state index is 0.0688. The van der Waals surface area contributed by atoms with E-state index in [2.05, 4.69) is 11.3 Å². The fourth-order valence-corrected chi connectivity index (χ4v) is 1.37. The Morgan fingerprint density at radius 2 is 1.16 bits per heavy atom. The number of hydrogen-bond donors (Lipinski definition) is 0. The third-order valence-corrected chi connectivity index (χ3v) is 2.89. The smallest absolute Gasteiger partial charge is 0.418 e. The lowest BCUT2D eigenvalue weighted by atomic mass is 9.92. The summed E-state index contributed by atoms with van der Waals surface area (Å²) in [5.74, 6) is -37.6. The summed E-state index contributed by atoms with van der Waals surface area (Å²) in [5, 5.41) is 0. The van der Waals surface area contributed by atoms with Gasteiger partial charge in [-0.1, -0.05) is 13.5 Å². The summed E-state index contributed by atoms with van der Waals surface area (Å²) in [6, 6.07) is 0. The molecule has 0 aliphatic carbocycles. The maximum Gasteiger partial charge on any atom is 0.460 e. The lowest BCUT2D eigenvalue weighted by molar-refractivity contribution is -0.445. The molecule has 0 bridgehead atoms. The van der Waals surface area contributed by atoms with E-state index in [0.717, 1.165) is 0 Å². The van der Waals surface area contributed by atoms with Crippen LogP contribution in [0.5, 0.6) is 0 Å². The number of hydrogen-bond acceptors (Lipinski definition) is 2. The number of rotatable bonds is 7. The molecule has 0 aromatic carbocycles. The summed E-state index contributed by atoms with van der Waals surface area (Å²) in [7, 11) is 0. The highest BCUT2D eigenvalue weighted by atomic mass is 19.4. The fourth-order valence-electron chi connectivity index (χ4n) is 1.37. The Balaban J connectivity index is 6.35. The molecule has 0 aliphatic heterocycles. The third-order valence-electron chi connectivity index (χ3n) is 2.89. The first-order chi connectivity index (χ1) is 10.8. The first-order valence-electron chi connectivity index (χ1n) is 5.89. The summed E-state index contributed by atoms with van der Waals surface area (Å²) in [4.78, 5) is 10.7. The second-order valence-electron chi connectivity index (χ2n) is 4.50. The molecule has 1 unspecified atom stereocenters. The molecule has 2 nitrogen and oxygen atoms in total. The van der Waals surface area contributed by atoms with Gasteiger partial charge in [-0.15, -0.1) is 0 Å². The highest BCUT2D eigenvalue weighted by Gasteiger charge is 2.90. The molecule has 1 atom stereocenters. The molecule has 0 N–H and O–H groups in total. The second-order valence-corrected chi connectivity index (χ2v) is 4.50. The van der Waals surface area contributed by atoms with E-state index in [0.29, 0.717) is 0 Å². The van der Waals surface area contributed by atoms with Gasteiger partial charge in [0.2, 0.25) is 0 Å². The zero-order valence-corrected chi connectivity index (χ0v) is 11.8. The predicted molar refractivity (Wildman–Crippen MR) is 56.3 cm³/mol. The normalized spacial score (nSPS) is 17.0. The van der Waals surface area contributed by atoms with Crippen LogP contribution in [-0.2, 0) is 9.53 Å². The molecule has 0 fully saturated rings. The summed E-state index contributed by atoms with van der Waals surface area (Å²) in [6.07, 6.45) is -9.44. The van der Waals surface area contributed by atoms with Crippen LogP contribution in [0.25, 0.3) is 0 Å². The molecule has 0 saturated heterocycles. The van der Waals surface area contributed by atoms with E-state index in [-0.39, 0.29) is 13.0 Å². The number of carbonyl (C=O) groups excluding carboxylic acids is 1. The van der Waals surface area contributed by atoms with Crippen molar-refractivity contribution in [2.24, 2.45) is 0 Å². The summed E-state index contributed by atoms with van der Waals surface area (Å²) in [6.45, 7) is 2.80. The monoisotopic (exact) mass is 400 g/mol. The van der Waals surface area contributed by atoms with E-state index in [1.54, 1.807) is 0 Å².